The maximum absolute atomic E-state index is 12.2. The highest BCUT2D eigenvalue weighted by molar-refractivity contribution is 6.32. The topological polar surface area (TPSA) is 103 Å². The second kappa shape index (κ2) is 11.7. The molecule has 0 fully saturated rings. The Bertz CT molecular complexity index is 875. The van der Waals surface area contributed by atoms with Gasteiger partial charge in [-0.15, -0.1) is 0 Å². The first-order chi connectivity index (χ1) is 14.4. The van der Waals surface area contributed by atoms with Crippen molar-refractivity contribution in [2.24, 2.45) is 0 Å². The molecular weight excluding hydrogens is 412 g/mol. The molecule has 9 heteroatoms. The molecule has 0 spiro atoms. The number of alkyl carbamates (subject to hydrolysis) is 1. The Morgan fingerprint density at radius 2 is 1.77 bits per heavy atom. The van der Waals surface area contributed by atoms with Gasteiger partial charge in [0.1, 0.15) is 24.9 Å². The summed E-state index contributed by atoms with van der Waals surface area (Å²) < 4.78 is 14.9. The van der Waals surface area contributed by atoms with E-state index in [9.17, 15) is 14.4 Å². The smallest absolute Gasteiger partial charge is 0.407 e. The number of amides is 2. The highest BCUT2D eigenvalue weighted by Gasteiger charge is 2.22. The molecule has 0 aliphatic heterocycles. The Hall–Kier alpha value is -3.26. The molecule has 2 amide bonds. The van der Waals surface area contributed by atoms with Gasteiger partial charge in [0.25, 0.3) is 0 Å². The van der Waals surface area contributed by atoms with Crippen molar-refractivity contribution in [2.75, 3.05) is 20.8 Å². The Balaban J connectivity index is 1.86. The average molecular weight is 435 g/mol. The van der Waals surface area contributed by atoms with Crippen molar-refractivity contribution in [3.8, 4) is 5.75 Å². The summed E-state index contributed by atoms with van der Waals surface area (Å²) in [6, 6.07) is 13.2. The maximum Gasteiger partial charge on any atom is 0.407 e. The van der Waals surface area contributed by atoms with Crippen LogP contribution in [0.1, 0.15) is 11.1 Å². The number of hydrogen-bond donors (Lipinski definition) is 2. The summed E-state index contributed by atoms with van der Waals surface area (Å²) in [6.07, 6.45) is -0.591. The van der Waals surface area contributed by atoms with Crippen LogP contribution >= 0.6 is 11.6 Å². The van der Waals surface area contributed by atoms with Crippen LogP contribution < -0.4 is 15.4 Å². The second-order valence-corrected chi connectivity index (χ2v) is 6.64. The zero-order valence-electron chi connectivity index (χ0n) is 16.6. The molecule has 0 unspecified atom stereocenters. The van der Waals surface area contributed by atoms with Gasteiger partial charge in [-0.05, 0) is 23.3 Å². The van der Waals surface area contributed by atoms with Crippen LogP contribution in [-0.2, 0) is 32.1 Å². The van der Waals surface area contributed by atoms with Gasteiger partial charge in [0, 0.05) is 6.42 Å². The van der Waals surface area contributed by atoms with Crippen LogP contribution in [0.5, 0.6) is 5.75 Å². The van der Waals surface area contributed by atoms with Gasteiger partial charge < -0.3 is 24.8 Å². The standard InChI is InChI=1S/C21H23ClN2O6/c1-28-18-9-8-15(10-16(18)22)11-17(20(26)29-2)24-19(25)12-23-21(27)30-13-14-6-4-3-5-7-14/h3-10,17H,11-13H2,1-2H3,(H,23,27)(H,24,25)/t17-/m0/s1. The molecule has 0 saturated heterocycles. The van der Waals surface area contributed by atoms with E-state index in [4.69, 9.17) is 25.8 Å². The molecule has 2 aromatic rings. The molecule has 30 heavy (non-hydrogen) atoms. The minimum atomic E-state index is -0.950. The van der Waals surface area contributed by atoms with Gasteiger partial charge in [0.05, 0.1) is 19.2 Å². The van der Waals surface area contributed by atoms with Gasteiger partial charge >= 0.3 is 12.1 Å². The Morgan fingerprint density at radius 1 is 1.03 bits per heavy atom. The van der Waals surface area contributed by atoms with E-state index in [1.54, 1.807) is 18.2 Å². The third-order valence-corrected chi connectivity index (χ3v) is 4.38. The highest BCUT2D eigenvalue weighted by atomic mass is 35.5. The van der Waals surface area contributed by atoms with E-state index in [1.807, 2.05) is 30.3 Å². The molecule has 0 aromatic heterocycles. The lowest BCUT2D eigenvalue weighted by molar-refractivity contribution is -0.144. The van der Waals surface area contributed by atoms with Gasteiger partial charge in [0.2, 0.25) is 5.91 Å². The fourth-order valence-corrected chi connectivity index (χ4v) is 2.86. The van der Waals surface area contributed by atoms with Crippen LogP contribution in [-0.4, -0.2) is 44.8 Å². The summed E-state index contributed by atoms with van der Waals surface area (Å²) in [6.45, 7) is -0.276. The zero-order valence-corrected chi connectivity index (χ0v) is 17.4. The molecule has 2 N–H and O–H groups in total. The van der Waals surface area contributed by atoms with Crippen LogP contribution in [0.3, 0.4) is 0 Å². The molecule has 0 aliphatic carbocycles. The van der Waals surface area contributed by atoms with E-state index in [0.717, 1.165) is 5.56 Å². The first-order valence-corrected chi connectivity index (χ1v) is 9.45. The van der Waals surface area contributed by atoms with E-state index in [-0.39, 0.29) is 19.6 Å². The quantitative estimate of drug-likeness (QED) is 0.588. The molecule has 0 heterocycles. The predicted octanol–water partition coefficient (Wildman–Crippen LogP) is 2.48. The van der Waals surface area contributed by atoms with Crippen LogP contribution in [0.2, 0.25) is 5.02 Å². The normalized spacial score (nSPS) is 11.2. The van der Waals surface area contributed by atoms with Crippen molar-refractivity contribution in [1.82, 2.24) is 10.6 Å². The van der Waals surface area contributed by atoms with Crippen molar-refractivity contribution >= 4 is 29.6 Å². The number of halogens is 1. The average Bonchev–Trinajstić information content (AvgIpc) is 2.76. The van der Waals surface area contributed by atoms with Gasteiger partial charge in [-0.1, -0.05) is 48.0 Å². The molecule has 1 atom stereocenters. The van der Waals surface area contributed by atoms with Gasteiger partial charge in [-0.3, -0.25) is 4.79 Å². The third-order valence-electron chi connectivity index (χ3n) is 4.08. The largest absolute Gasteiger partial charge is 0.495 e. The van der Waals surface area contributed by atoms with Crippen molar-refractivity contribution in [3.05, 3.63) is 64.7 Å². The van der Waals surface area contributed by atoms with Crippen molar-refractivity contribution in [2.45, 2.75) is 19.1 Å². The number of rotatable bonds is 9. The van der Waals surface area contributed by atoms with Crippen molar-refractivity contribution in [3.63, 3.8) is 0 Å². The molecule has 2 aromatic carbocycles. The molecule has 8 nitrogen and oxygen atoms in total. The molecule has 0 radical (unpaired) electrons. The lowest BCUT2D eigenvalue weighted by Gasteiger charge is -2.17. The van der Waals surface area contributed by atoms with E-state index in [0.29, 0.717) is 16.3 Å². The summed E-state index contributed by atoms with van der Waals surface area (Å²) >= 11 is 6.10. The summed E-state index contributed by atoms with van der Waals surface area (Å²) in [7, 11) is 2.72. The summed E-state index contributed by atoms with van der Waals surface area (Å²) in [5, 5.41) is 5.26. The van der Waals surface area contributed by atoms with Gasteiger partial charge in [-0.2, -0.15) is 0 Å². The minimum Gasteiger partial charge on any atom is -0.495 e. The molecule has 0 saturated carbocycles. The number of nitrogens with one attached hydrogen (secondary N) is 2. The van der Waals surface area contributed by atoms with Gasteiger partial charge in [0.15, 0.2) is 0 Å². The van der Waals surface area contributed by atoms with Gasteiger partial charge in [-0.25, -0.2) is 9.59 Å². The fraction of sp³-hybridized carbons (Fsp3) is 0.286. The number of methoxy groups -OCH3 is 2. The number of ether oxygens (including phenoxy) is 3. The van der Waals surface area contributed by atoms with Crippen molar-refractivity contribution in [1.29, 1.82) is 0 Å². The Labute approximate surface area is 179 Å². The second-order valence-electron chi connectivity index (χ2n) is 6.23. The lowest BCUT2D eigenvalue weighted by atomic mass is 10.1. The van der Waals surface area contributed by atoms with E-state index >= 15 is 0 Å². The first kappa shape index (κ1) is 23.0. The summed E-state index contributed by atoms with van der Waals surface area (Å²) in [5.74, 6) is -0.694. The molecule has 0 aliphatic rings. The molecular formula is C21H23ClN2O6. The number of carbonyl (C=O) groups excluding carboxylic acids is 3. The number of benzene rings is 2. The lowest BCUT2D eigenvalue weighted by Crippen LogP contribution is -2.47. The number of esters is 1. The third kappa shape index (κ3) is 7.29. The SMILES string of the molecule is COC(=O)[C@H](Cc1ccc(OC)c(Cl)c1)NC(=O)CNC(=O)OCc1ccccc1. The highest BCUT2D eigenvalue weighted by Crippen LogP contribution is 2.25. The van der Waals surface area contributed by atoms with Crippen LogP contribution in [0.4, 0.5) is 4.79 Å². The summed E-state index contributed by atoms with van der Waals surface area (Å²) in [5.41, 5.74) is 1.52. The Morgan fingerprint density at radius 3 is 2.40 bits per heavy atom. The number of carbonyl (C=O) groups is 3. The predicted molar refractivity (Wildman–Crippen MR) is 110 cm³/mol. The molecule has 160 valence electrons. The molecule has 2 rings (SSSR count). The zero-order chi connectivity index (χ0) is 21.9. The van der Waals surface area contributed by atoms with E-state index < -0.39 is 24.0 Å². The van der Waals surface area contributed by atoms with Crippen LogP contribution in [0.15, 0.2) is 48.5 Å². The van der Waals surface area contributed by atoms with E-state index in [1.165, 1.54) is 14.2 Å². The van der Waals surface area contributed by atoms with Crippen LogP contribution in [0.25, 0.3) is 0 Å². The fourth-order valence-electron chi connectivity index (χ4n) is 2.58. The van der Waals surface area contributed by atoms with Crippen molar-refractivity contribution < 1.29 is 28.6 Å². The Kier molecular flexibility index (Phi) is 8.96. The first-order valence-electron chi connectivity index (χ1n) is 9.07. The summed E-state index contributed by atoms with van der Waals surface area (Å²) in [4.78, 5) is 36.0. The van der Waals surface area contributed by atoms with Crippen LogP contribution in [0, 0.1) is 0 Å². The molecule has 0 bridgehead atoms. The number of hydrogen-bond acceptors (Lipinski definition) is 6. The maximum atomic E-state index is 12.2. The van der Waals surface area contributed by atoms with E-state index in [2.05, 4.69) is 10.6 Å². The monoisotopic (exact) mass is 434 g/mol. The minimum absolute atomic E-state index is 0.0807.